The number of nitrogens with zero attached hydrogens (tertiary/aromatic N) is 1. The van der Waals surface area contributed by atoms with Gasteiger partial charge in [0.25, 0.3) is 5.91 Å². The number of hydrogen-bond acceptors (Lipinski definition) is 3. The Morgan fingerprint density at radius 2 is 2.05 bits per heavy atom. The van der Waals surface area contributed by atoms with Crippen LogP contribution in [0.25, 0.3) is 10.1 Å². The zero-order valence-corrected chi connectivity index (χ0v) is 11.5. The molecule has 0 radical (unpaired) electrons. The molecule has 0 aliphatic carbocycles. The summed E-state index contributed by atoms with van der Waals surface area (Å²) in [6.07, 6.45) is -4.56. The molecule has 0 aliphatic heterocycles. The summed E-state index contributed by atoms with van der Waals surface area (Å²) >= 11 is 0.920. The Balaban J connectivity index is 2.32. The van der Waals surface area contributed by atoms with E-state index in [0.29, 0.717) is 9.60 Å². The average molecular weight is 321 g/mol. The molecular weight excluding hydrogens is 310 g/mol. The SMILES string of the molecule is O=C(c1cc2c(F)cccc2s1)N(CCO)CC(F)(F)F. The van der Waals surface area contributed by atoms with Crippen LogP contribution in [-0.2, 0) is 0 Å². The third-order valence-corrected chi connectivity index (χ3v) is 3.83. The topological polar surface area (TPSA) is 40.5 Å². The molecule has 1 aromatic carbocycles. The van der Waals surface area contributed by atoms with Crippen molar-refractivity contribution >= 4 is 27.3 Å². The van der Waals surface area contributed by atoms with E-state index < -0.39 is 37.6 Å². The van der Waals surface area contributed by atoms with Gasteiger partial charge in [-0.15, -0.1) is 11.3 Å². The summed E-state index contributed by atoms with van der Waals surface area (Å²) in [7, 11) is 0. The zero-order chi connectivity index (χ0) is 15.6. The minimum atomic E-state index is -4.56. The van der Waals surface area contributed by atoms with Gasteiger partial charge in [0, 0.05) is 16.6 Å². The van der Waals surface area contributed by atoms with Crippen molar-refractivity contribution in [1.82, 2.24) is 4.90 Å². The highest BCUT2D eigenvalue weighted by Gasteiger charge is 2.33. The molecule has 2 aromatic rings. The second kappa shape index (κ2) is 5.98. The van der Waals surface area contributed by atoms with Crippen LogP contribution in [0.2, 0.25) is 0 Å². The second-order valence-electron chi connectivity index (χ2n) is 4.33. The van der Waals surface area contributed by atoms with Gasteiger partial charge in [-0.05, 0) is 18.2 Å². The number of amides is 1. The largest absolute Gasteiger partial charge is 0.406 e. The minimum Gasteiger partial charge on any atom is -0.395 e. The molecule has 8 heteroatoms. The Labute approximate surface area is 121 Å². The molecule has 1 aromatic heterocycles. The lowest BCUT2D eigenvalue weighted by atomic mass is 10.2. The molecule has 3 nitrogen and oxygen atoms in total. The Kier molecular flexibility index (Phi) is 4.48. The third kappa shape index (κ3) is 3.70. The van der Waals surface area contributed by atoms with Gasteiger partial charge < -0.3 is 10.0 Å². The first-order valence-electron chi connectivity index (χ1n) is 5.97. The summed E-state index contributed by atoms with van der Waals surface area (Å²) in [4.78, 5) is 12.6. The van der Waals surface area contributed by atoms with Crippen LogP contribution >= 0.6 is 11.3 Å². The molecule has 114 valence electrons. The van der Waals surface area contributed by atoms with Crippen LogP contribution < -0.4 is 0 Å². The van der Waals surface area contributed by atoms with E-state index in [1.54, 1.807) is 6.07 Å². The van der Waals surface area contributed by atoms with Crippen LogP contribution in [0.15, 0.2) is 24.3 Å². The van der Waals surface area contributed by atoms with Crippen molar-refractivity contribution in [3.63, 3.8) is 0 Å². The number of fused-ring (bicyclic) bond motifs is 1. The molecule has 0 spiro atoms. The van der Waals surface area contributed by atoms with Gasteiger partial charge in [0.05, 0.1) is 11.5 Å². The van der Waals surface area contributed by atoms with Crippen molar-refractivity contribution in [3.8, 4) is 0 Å². The molecule has 0 bridgehead atoms. The molecule has 0 saturated carbocycles. The molecule has 1 amide bonds. The van der Waals surface area contributed by atoms with Crippen molar-refractivity contribution < 1.29 is 27.5 Å². The lowest BCUT2D eigenvalue weighted by molar-refractivity contribution is -0.141. The fraction of sp³-hybridized carbons (Fsp3) is 0.308. The van der Waals surface area contributed by atoms with Gasteiger partial charge in [-0.1, -0.05) is 6.07 Å². The predicted octanol–water partition coefficient (Wildman–Crippen LogP) is 3.04. The summed E-state index contributed by atoms with van der Waals surface area (Å²) in [5.74, 6) is -1.41. The number of benzene rings is 1. The van der Waals surface area contributed by atoms with Crippen LogP contribution in [0.3, 0.4) is 0 Å². The number of rotatable bonds is 4. The van der Waals surface area contributed by atoms with Gasteiger partial charge in [-0.2, -0.15) is 13.2 Å². The number of alkyl halides is 3. The van der Waals surface area contributed by atoms with E-state index in [1.165, 1.54) is 18.2 Å². The molecule has 0 unspecified atom stereocenters. The molecule has 0 fully saturated rings. The Hall–Kier alpha value is -1.67. The van der Waals surface area contributed by atoms with Gasteiger partial charge >= 0.3 is 6.18 Å². The molecule has 0 aliphatic rings. The maximum absolute atomic E-state index is 13.5. The molecular formula is C13H11F4NO2S. The lowest BCUT2D eigenvalue weighted by Crippen LogP contribution is -2.40. The number of thiophene rings is 1. The van der Waals surface area contributed by atoms with Gasteiger partial charge in [-0.25, -0.2) is 4.39 Å². The third-order valence-electron chi connectivity index (χ3n) is 2.75. The second-order valence-corrected chi connectivity index (χ2v) is 5.41. The van der Waals surface area contributed by atoms with Gasteiger partial charge in [0.2, 0.25) is 0 Å². The standard InChI is InChI=1S/C13H11F4NO2S/c14-9-2-1-3-10-8(9)6-11(21-10)12(20)18(4-5-19)7-13(15,16)17/h1-3,6,19H,4-5,7H2. The predicted molar refractivity (Wildman–Crippen MR) is 70.8 cm³/mol. The van der Waals surface area contributed by atoms with Gasteiger partial charge in [-0.3, -0.25) is 4.79 Å². The average Bonchev–Trinajstić information content (AvgIpc) is 2.81. The van der Waals surface area contributed by atoms with Crippen molar-refractivity contribution in [1.29, 1.82) is 0 Å². The summed E-state index contributed by atoms with van der Waals surface area (Å²) in [5, 5.41) is 8.99. The lowest BCUT2D eigenvalue weighted by Gasteiger charge is -2.22. The normalized spacial score (nSPS) is 11.9. The van der Waals surface area contributed by atoms with E-state index in [9.17, 15) is 22.4 Å². The fourth-order valence-electron chi connectivity index (χ4n) is 1.88. The number of halogens is 4. The van der Waals surface area contributed by atoms with E-state index in [-0.39, 0.29) is 10.3 Å². The van der Waals surface area contributed by atoms with E-state index in [1.807, 2.05) is 0 Å². The fourth-order valence-corrected chi connectivity index (χ4v) is 2.92. The Morgan fingerprint density at radius 3 is 2.62 bits per heavy atom. The van der Waals surface area contributed by atoms with Crippen LogP contribution in [0, 0.1) is 5.82 Å². The van der Waals surface area contributed by atoms with Crippen molar-refractivity contribution in [3.05, 3.63) is 35.0 Å². The minimum absolute atomic E-state index is 0.00722. The summed E-state index contributed by atoms with van der Waals surface area (Å²) in [5.41, 5.74) is 0. The number of carbonyl (C=O) groups is 1. The van der Waals surface area contributed by atoms with Crippen molar-refractivity contribution in [2.45, 2.75) is 6.18 Å². The van der Waals surface area contributed by atoms with E-state index in [2.05, 4.69) is 0 Å². The molecule has 1 N–H and O–H groups in total. The Morgan fingerprint density at radius 1 is 1.33 bits per heavy atom. The van der Waals surface area contributed by atoms with Gasteiger partial charge in [0.15, 0.2) is 0 Å². The maximum atomic E-state index is 13.5. The first-order chi connectivity index (χ1) is 9.81. The van der Waals surface area contributed by atoms with E-state index in [4.69, 9.17) is 5.11 Å². The van der Waals surface area contributed by atoms with Crippen molar-refractivity contribution in [2.75, 3.05) is 19.7 Å². The van der Waals surface area contributed by atoms with Crippen LogP contribution in [0.4, 0.5) is 17.6 Å². The van der Waals surface area contributed by atoms with Crippen LogP contribution in [0.1, 0.15) is 9.67 Å². The molecule has 21 heavy (non-hydrogen) atoms. The van der Waals surface area contributed by atoms with E-state index in [0.717, 1.165) is 11.3 Å². The summed E-state index contributed by atoms with van der Waals surface area (Å²) in [6, 6.07) is 5.49. The highest BCUT2D eigenvalue weighted by molar-refractivity contribution is 7.20. The monoisotopic (exact) mass is 321 g/mol. The first-order valence-corrected chi connectivity index (χ1v) is 6.78. The smallest absolute Gasteiger partial charge is 0.395 e. The maximum Gasteiger partial charge on any atom is 0.406 e. The summed E-state index contributed by atoms with van der Waals surface area (Å²) in [6.45, 7) is -2.47. The van der Waals surface area contributed by atoms with Gasteiger partial charge in [0.1, 0.15) is 12.4 Å². The summed E-state index contributed by atoms with van der Waals surface area (Å²) < 4.78 is 51.4. The van der Waals surface area contributed by atoms with Crippen molar-refractivity contribution in [2.24, 2.45) is 0 Å². The number of hydrogen-bond donors (Lipinski definition) is 1. The number of carbonyl (C=O) groups excluding carboxylic acids is 1. The molecule has 1 heterocycles. The highest BCUT2D eigenvalue weighted by atomic mass is 32.1. The highest BCUT2D eigenvalue weighted by Crippen LogP contribution is 2.29. The molecule has 0 saturated heterocycles. The Bertz CT molecular complexity index is 653. The quantitative estimate of drug-likeness (QED) is 0.880. The zero-order valence-electron chi connectivity index (χ0n) is 10.7. The van der Waals surface area contributed by atoms with Crippen LogP contribution in [0.5, 0.6) is 0 Å². The number of aliphatic hydroxyl groups is 1. The first kappa shape index (κ1) is 15.7. The number of aliphatic hydroxyl groups excluding tert-OH is 1. The molecule has 0 atom stereocenters. The van der Waals surface area contributed by atoms with E-state index >= 15 is 0 Å². The van der Waals surface area contributed by atoms with Crippen LogP contribution in [-0.4, -0.2) is 41.8 Å². The molecule has 2 rings (SSSR count).